The van der Waals surface area contributed by atoms with Crippen molar-refractivity contribution in [3.05, 3.63) is 30.1 Å². The van der Waals surface area contributed by atoms with E-state index in [9.17, 15) is 17.6 Å². The van der Waals surface area contributed by atoms with Gasteiger partial charge in [0.1, 0.15) is 0 Å². The fourth-order valence-corrected chi connectivity index (χ4v) is 2.19. The first-order chi connectivity index (χ1) is 5.97. The quantitative estimate of drug-likeness (QED) is 0.562. The van der Waals surface area contributed by atoms with Gasteiger partial charge in [-0.2, -0.15) is 0 Å². The first-order valence-corrected chi connectivity index (χ1v) is 5.49. The Labute approximate surface area is 79.1 Å². The molecule has 0 heterocycles. The summed E-state index contributed by atoms with van der Waals surface area (Å²) >= 11 is -0.722. The van der Waals surface area contributed by atoms with E-state index < -0.39 is 32.3 Å². The zero-order chi connectivity index (χ0) is 9.90. The van der Waals surface area contributed by atoms with Crippen LogP contribution in [-0.2, 0) is 0 Å². The van der Waals surface area contributed by atoms with Crippen molar-refractivity contribution in [2.75, 3.05) is 0 Å². The van der Waals surface area contributed by atoms with Crippen LogP contribution in [0.3, 0.4) is 0 Å². The Kier molecular flexibility index (Phi) is 3.33. The van der Waals surface area contributed by atoms with Gasteiger partial charge < -0.3 is 0 Å². The van der Waals surface area contributed by atoms with Crippen LogP contribution in [0.2, 0.25) is 5.32 Å². The molecule has 0 aliphatic rings. The fraction of sp³-hybridized carbons (Fsp3) is 0.250. The van der Waals surface area contributed by atoms with Crippen molar-refractivity contribution >= 4 is 19.4 Å². The van der Waals surface area contributed by atoms with Gasteiger partial charge in [0.15, 0.2) is 0 Å². The summed E-state index contributed by atoms with van der Waals surface area (Å²) in [5.74, 6) is -0.485. The molecule has 72 valence electrons. The van der Waals surface area contributed by atoms with Crippen LogP contribution in [0.4, 0.5) is 17.6 Å². The van der Waals surface area contributed by atoms with Gasteiger partial charge in [-0.1, -0.05) is 0 Å². The van der Waals surface area contributed by atoms with Crippen LogP contribution in [0.15, 0.2) is 24.3 Å². The van der Waals surface area contributed by atoms with Crippen LogP contribution in [0, 0.1) is 5.82 Å². The molecule has 0 amide bonds. The van der Waals surface area contributed by atoms with Crippen LogP contribution in [0.1, 0.15) is 0 Å². The Morgan fingerprint density at radius 3 is 2.46 bits per heavy atom. The average molecular weight is 257 g/mol. The van der Waals surface area contributed by atoms with Gasteiger partial charge in [-0.05, 0) is 0 Å². The maximum absolute atomic E-state index is 12.5. The summed E-state index contributed by atoms with van der Waals surface area (Å²) in [4.78, 5) is 0. The summed E-state index contributed by atoms with van der Waals surface area (Å²) in [5.41, 5.74) is 0. The summed E-state index contributed by atoms with van der Waals surface area (Å²) in [5, 5.41) is -0.844. The van der Waals surface area contributed by atoms with Gasteiger partial charge in [0, 0.05) is 0 Å². The second-order valence-electron chi connectivity index (χ2n) is 2.36. The molecule has 5 heteroatoms. The Bertz CT molecular complexity index is 282. The predicted octanol–water partition coefficient (Wildman–Crippen LogP) is 2.14. The third kappa shape index (κ3) is 4.29. The third-order valence-electron chi connectivity index (χ3n) is 1.20. The molecule has 0 unspecified atom stereocenters. The van der Waals surface area contributed by atoms with Gasteiger partial charge in [-0.25, -0.2) is 0 Å². The van der Waals surface area contributed by atoms with Crippen molar-refractivity contribution in [3.63, 3.8) is 0 Å². The van der Waals surface area contributed by atoms with Crippen LogP contribution in [0.5, 0.6) is 0 Å². The monoisotopic (exact) mass is 258 g/mol. The molecule has 0 N–H and O–H groups in total. The second kappa shape index (κ2) is 4.11. The molecule has 1 aromatic rings. The van der Waals surface area contributed by atoms with Gasteiger partial charge in [-0.3, -0.25) is 0 Å². The van der Waals surface area contributed by atoms with E-state index in [1.54, 1.807) is 0 Å². The summed E-state index contributed by atoms with van der Waals surface area (Å²) in [6.07, 6.45) is -4.15. The van der Waals surface area contributed by atoms with Gasteiger partial charge in [-0.15, -0.1) is 0 Å². The number of alkyl halides is 3. The molecule has 0 aromatic heterocycles. The minimum absolute atomic E-state index is 0.435. The zero-order valence-electron chi connectivity index (χ0n) is 6.44. The van der Waals surface area contributed by atoms with E-state index in [1.165, 1.54) is 18.2 Å². The molecular formula is C8H6F4Se. The fourth-order valence-electron chi connectivity index (χ4n) is 0.722. The first kappa shape index (κ1) is 10.5. The molecule has 0 radical (unpaired) electrons. The normalized spacial score (nSPS) is 11.7. The van der Waals surface area contributed by atoms with Crippen molar-refractivity contribution in [2.24, 2.45) is 0 Å². The van der Waals surface area contributed by atoms with E-state index in [0.29, 0.717) is 4.46 Å². The number of halogens is 4. The molecule has 0 saturated heterocycles. The maximum atomic E-state index is 12.5. The average Bonchev–Trinajstić information content (AvgIpc) is 2.00. The first-order valence-electron chi connectivity index (χ1n) is 3.42. The summed E-state index contributed by atoms with van der Waals surface area (Å²) in [6, 6.07) is 5.29. The van der Waals surface area contributed by atoms with Crippen molar-refractivity contribution in [3.8, 4) is 0 Å². The van der Waals surface area contributed by atoms with E-state index in [-0.39, 0.29) is 0 Å². The molecular weight excluding hydrogens is 251 g/mol. The molecule has 0 spiro atoms. The Morgan fingerprint density at radius 2 is 1.92 bits per heavy atom. The third-order valence-corrected chi connectivity index (χ3v) is 3.42. The molecule has 0 atom stereocenters. The molecule has 0 saturated carbocycles. The number of hydrogen-bond acceptors (Lipinski definition) is 0. The van der Waals surface area contributed by atoms with Gasteiger partial charge in [0.2, 0.25) is 0 Å². The molecule has 0 bridgehead atoms. The standard InChI is InChI=1S/C8H6F4Se/c9-6-2-1-3-7(4-6)13-5-8(10,11)12/h1-4H,5H2. The summed E-state index contributed by atoms with van der Waals surface area (Å²) in [6.45, 7) is 0. The van der Waals surface area contributed by atoms with E-state index in [0.717, 1.165) is 6.07 Å². The molecule has 13 heavy (non-hydrogen) atoms. The summed E-state index contributed by atoms with van der Waals surface area (Å²) in [7, 11) is 0. The van der Waals surface area contributed by atoms with Crippen molar-refractivity contribution in [1.82, 2.24) is 0 Å². The SMILES string of the molecule is Fc1cccc([Se]CC(F)(F)F)c1. The van der Waals surface area contributed by atoms with Crippen LogP contribution in [-0.4, -0.2) is 21.1 Å². The van der Waals surface area contributed by atoms with Crippen molar-refractivity contribution in [1.29, 1.82) is 0 Å². The Balaban J connectivity index is 2.55. The predicted molar refractivity (Wildman–Crippen MR) is 42.7 cm³/mol. The molecule has 0 fully saturated rings. The van der Waals surface area contributed by atoms with E-state index in [1.807, 2.05) is 0 Å². The molecule has 0 aliphatic heterocycles. The second-order valence-corrected chi connectivity index (χ2v) is 4.56. The zero-order valence-corrected chi connectivity index (χ0v) is 8.15. The van der Waals surface area contributed by atoms with Crippen molar-refractivity contribution < 1.29 is 17.6 Å². The minimum atomic E-state index is -4.15. The van der Waals surface area contributed by atoms with Crippen LogP contribution >= 0.6 is 0 Å². The van der Waals surface area contributed by atoms with E-state index in [2.05, 4.69) is 0 Å². The van der Waals surface area contributed by atoms with Gasteiger partial charge >= 0.3 is 78.6 Å². The van der Waals surface area contributed by atoms with Crippen LogP contribution < -0.4 is 4.46 Å². The molecule has 0 aliphatic carbocycles. The number of hydrogen-bond donors (Lipinski definition) is 0. The topological polar surface area (TPSA) is 0 Å². The van der Waals surface area contributed by atoms with Gasteiger partial charge in [0.25, 0.3) is 0 Å². The molecule has 1 aromatic carbocycles. The molecule has 0 nitrogen and oxygen atoms in total. The van der Waals surface area contributed by atoms with Gasteiger partial charge in [0.05, 0.1) is 0 Å². The van der Waals surface area contributed by atoms with Crippen molar-refractivity contribution in [2.45, 2.75) is 11.5 Å². The molecule has 1 rings (SSSR count). The number of rotatable bonds is 2. The Morgan fingerprint density at radius 1 is 1.23 bits per heavy atom. The Hall–Kier alpha value is -0.541. The van der Waals surface area contributed by atoms with E-state index >= 15 is 0 Å². The van der Waals surface area contributed by atoms with E-state index in [4.69, 9.17) is 0 Å². The van der Waals surface area contributed by atoms with Crippen LogP contribution in [0.25, 0.3) is 0 Å². The summed E-state index contributed by atoms with van der Waals surface area (Å²) < 4.78 is 48.2. The number of benzene rings is 1.